The molecule has 0 aromatic heterocycles. The van der Waals surface area contributed by atoms with Crippen molar-refractivity contribution in [1.29, 1.82) is 0 Å². The van der Waals surface area contributed by atoms with Crippen LogP contribution in [0.5, 0.6) is 0 Å². The van der Waals surface area contributed by atoms with Gasteiger partial charge in [0.2, 0.25) is 5.91 Å². The average Bonchev–Trinajstić information content (AvgIpc) is 2.84. The predicted octanol–water partition coefficient (Wildman–Crippen LogP) is 0.595. The van der Waals surface area contributed by atoms with Gasteiger partial charge in [0, 0.05) is 32.1 Å². The zero-order valence-corrected chi connectivity index (χ0v) is 12.5. The first-order valence-corrected chi connectivity index (χ1v) is 7.99. The van der Waals surface area contributed by atoms with Crippen LogP contribution in [-0.2, 0) is 4.79 Å². The molecule has 0 spiro atoms. The monoisotopic (exact) mass is 284 g/mol. The van der Waals surface area contributed by atoms with Crippen molar-refractivity contribution in [2.75, 3.05) is 26.2 Å². The molecule has 0 aromatic carbocycles. The number of carbonyl (C=O) groups is 1. The number of aliphatic hydroxyl groups excluding tert-OH is 2. The number of likely N-dealkylation sites (tertiary alicyclic amines) is 2. The van der Waals surface area contributed by atoms with Gasteiger partial charge in [0.05, 0.1) is 12.2 Å². The van der Waals surface area contributed by atoms with Crippen LogP contribution in [0.25, 0.3) is 0 Å². The third-order valence-electron chi connectivity index (χ3n) is 4.57. The van der Waals surface area contributed by atoms with Crippen molar-refractivity contribution in [3.05, 3.63) is 0 Å². The molecule has 2 N–H and O–H groups in total. The van der Waals surface area contributed by atoms with E-state index in [0.29, 0.717) is 19.5 Å². The Morgan fingerprint density at radius 1 is 1.20 bits per heavy atom. The molecule has 2 aliphatic rings. The molecular weight excluding hydrogens is 256 g/mol. The topological polar surface area (TPSA) is 64.0 Å². The van der Waals surface area contributed by atoms with Crippen molar-refractivity contribution in [2.45, 2.75) is 63.7 Å². The van der Waals surface area contributed by atoms with E-state index in [1.807, 2.05) is 6.92 Å². The Balaban J connectivity index is 1.84. The number of amides is 1. The highest BCUT2D eigenvalue weighted by Gasteiger charge is 2.30. The van der Waals surface area contributed by atoms with Crippen molar-refractivity contribution in [2.24, 2.45) is 0 Å². The Bertz CT molecular complexity index is 324. The first-order chi connectivity index (χ1) is 9.61. The molecular formula is C15H28N2O3. The Kier molecular flexibility index (Phi) is 5.81. The highest BCUT2D eigenvalue weighted by Crippen LogP contribution is 2.22. The molecule has 1 amide bonds. The SMILES string of the molecule is CC[C@@H](O)[C@@H]1CCCCN1C[C@H](O)CN1CCCC1=O. The molecule has 2 fully saturated rings. The van der Waals surface area contributed by atoms with Crippen LogP contribution in [0.2, 0.25) is 0 Å². The minimum absolute atomic E-state index is 0.160. The maximum atomic E-state index is 11.6. The van der Waals surface area contributed by atoms with Crippen LogP contribution in [0.1, 0.15) is 45.4 Å². The second-order valence-electron chi connectivity index (χ2n) is 6.13. The van der Waals surface area contributed by atoms with E-state index in [1.165, 1.54) is 0 Å². The van der Waals surface area contributed by atoms with Gasteiger partial charge in [0.15, 0.2) is 0 Å². The van der Waals surface area contributed by atoms with Crippen molar-refractivity contribution in [1.82, 2.24) is 9.80 Å². The fraction of sp³-hybridized carbons (Fsp3) is 0.933. The minimum atomic E-state index is -0.512. The highest BCUT2D eigenvalue weighted by molar-refractivity contribution is 5.78. The number of hydrogen-bond acceptors (Lipinski definition) is 4. The number of rotatable bonds is 6. The van der Waals surface area contributed by atoms with Crippen LogP contribution < -0.4 is 0 Å². The van der Waals surface area contributed by atoms with E-state index >= 15 is 0 Å². The Labute approximate surface area is 121 Å². The molecule has 0 bridgehead atoms. The van der Waals surface area contributed by atoms with E-state index < -0.39 is 6.10 Å². The van der Waals surface area contributed by atoms with Gasteiger partial charge < -0.3 is 15.1 Å². The average molecular weight is 284 g/mol. The molecule has 0 unspecified atom stereocenters. The number of piperidine rings is 1. The molecule has 0 radical (unpaired) electrons. The van der Waals surface area contributed by atoms with Gasteiger partial charge in [-0.15, -0.1) is 0 Å². The summed E-state index contributed by atoms with van der Waals surface area (Å²) in [6.45, 7) is 4.70. The second kappa shape index (κ2) is 7.38. The van der Waals surface area contributed by atoms with Gasteiger partial charge in [-0.1, -0.05) is 13.3 Å². The minimum Gasteiger partial charge on any atom is -0.392 e. The van der Waals surface area contributed by atoms with Gasteiger partial charge in [-0.2, -0.15) is 0 Å². The van der Waals surface area contributed by atoms with E-state index in [9.17, 15) is 15.0 Å². The van der Waals surface area contributed by atoms with E-state index in [-0.39, 0.29) is 18.1 Å². The van der Waals surface area contributed by atoms with Gasteiger partial charge in [0.1, 0.15) is 0 Å². The van der Waals surface area contributed by atoms with E-state index in [1.54, 1.807) is 4.90 Å². The smallest absolute Gasteiger partial charge is 0.222 e. The highest BCUT2D eigenvalue weighted by atomic mass is 16.3. The molecule has 2 saturated heterocycles. The standard InChI is InChI=1S/C15H28N2O3/c1-2-14(19)13-6-3-4-8-16(13)10-12(18)11-17-9-5-7-15(17)20/h12-14,18-19H,2-11H2,1H3/t12-,13-,14+/m0/s1. The lowest BCUT2D eigenvalue weighted by Crippen LogP contribution is -2.51. The van der Waals surface area contributed by atoms with Crippen molar-refractivity contribution >= 4 is 5.91 Å². The largest absolute Gasteiger partial charge is 0.392 e. The number of carbonyl (C=O) groups excluding carboxylic acids is 1. The normalized spacial score (nSPS) is 27.9. The summed E-state index contributed by atoms with van der Waals surface area (Å²) >= 11 is 0. The molecule has 2 heterocycles. The molecule has 0 saturated carbocycles. The molecule has 0 aliphatic carbocycles. The molecule has 2 aliphatic heterocycles. The quantitative estimate of drug-likeness (QED) is 0.749. The zero-order chi connectivity index (χ0) is 14.5. The summed E-state index contributed by atoms with van der Waals surface area (Å²) in [5, 5.41) is 20.3. The van der Waals surface area contributed by atoms with E-state index in [4.69, 9.17) is 0 Å². The van der Waals surface area contributed by atoms with E-state index in [2.05, 4.69) is 4.90 Å². The summed E-state index contributed by atoms with van der Waals surface area (Å²) in [4.78, 5) is 15.6. The summed E-state index contributed by atoms with van der Waals surface area (Å²) < 4.78 is 0. The molecule has 20 heavy (non-hydrogen) atoms. The summed E-state index contributed by atoms with van der Waals surface area (Å²) in [5.74, 6) is 0.160. The van der Waals surface area contributed by atoms with Crippen molar-refractivity contribution in [3.63, 3.8) is 0 Å². The number of hydrogen-bond donors (Lipinski definition) is 2. The maximum Gasteiger partial charge on any atom is 0.222 e. The molecule has 2 rings (SSSR count). The lowest BCUT2D eigenvalue weighted by Gasteiger charge is -2.39. The second-order valence-corrected chi connectivity index (χ2v) is 6.13. The van der Waals surface area contributed by atoms with Gasteiger partial charge in [-0.25, -0.2) is 0 Å². The molecule has 0 aromatic rings. The van der Waals surface area contributed by atoms with E-state index in [0.717, 1.165) is 45.2 Å². The Hall–Kier alpha value is -0.650. The van der Waals surface area contributed by atoms with Gasteiger partial charge in [-0.3, -0.25) is 9.69 Å². The summed E-state index contributed by atoms with van der Waals surface area (Å²) in [7, 11) is 0. The van der Waals surface area contributed by atoms with Crippen LogP contribution in [0.15, 0.2) is 0 Å². The number of β-amino-alcohol motifs (C(OH)–C–C–N with tert-alkyl or cyclic N) is 1. The molecule has 5 heteroatoms. The summed E-state index contributed by atoms with van der Waals surface area (Å²) in [6.07, 6.45) is 4.74. The maximum absolute atomic E-state index is 11.6. The lowest BCUT2D eigenvalue weighted by atomic mass is 9.95. The predicted molar refractivity (Wildman–Crippen MR) is 77.3 cm³/mol. The number of nitrogens with zero attached hydrogens (tertiary/aromatic N) is 2. The Morgan fingerprint density at radius 3 is 2.65 bits per heavy atom. The van der Waals surface area contributed by atoms with Crippen LogP contribution in [0, 0.1) is 0 Å². The molecule has 116 valence electrons. The van der Waals surface area contributed by atoms with Crippen LogP contribution in [0.3, 0.4) is 0 Å². The molecule has 5 nitrogen and oxygen atoms in total. The summed E-state index contributed by atoms with van der Waals surface area (Å²) in [5.41, 5.74) is 0. The fourth-order valence-corrected chi connectivity index (χ4v) is 3.43. The fourth-order valence-electron chi connectivity index (χ4n) is 3.43. The first kappa shape index (κ1) is 15.7. The van der Waals surface area contributed by atoms with Crippen LogP contribution in [-0.4, -0.2) is 70.3 Å². The van der Waals surface area contributed by atoms with Crippen molar-refractivity contribution in [3.8, 4) is 0 Å². The first-order valence-electron chi connectivity index (χ1n) is 7.99. The lowest BCUT2D eigenvalue weighted by molar-refractivity contribution is -0.129. The van der Waals surface area contributed by atoms with Crippen LogP contribution >= 0.6 is 0 Å². The van der Waals surface area contributed by atoms with Crippen molar-refractivity contribution < 1.29 is 15.0 Å². The number of aliphatic hydroxyl groups is 2. The van der Waals surface area contributed by atoms with Gasteiger partial charge in [-0.05, 0) is 32.2 Å². The third kappa shape index (κ3) is 3.93. The van der Waals surface area contributed by atoms with Crippen LogP contribution in [0.4, 0.5) is 0 Å². The molecule has 3 atom stereocenters. The Morgan fingerprint density at radius 2 is 2.00 bits per heavy atom. The summed E-state index contributed by atoms with van der Waals surface area (Å²) in [6, 6.07) is 0.165. The zero-order valence-electron chi connectivity index (χ0n) is 12.5. The third-order valence-corrected chi connectivity index (χ3v) is 4.57. The van der Waals surface area contributed by atoms with Gasteiger partial charge >= 0.3 is 0 Å². The van der Waals surface area contributed by atoms with Gasteiger partial charge in [0.25, 0.3) is 0 Å².